The molecule has 1 atom stereocenters. The third kappa shape index (κ3) is 3.44. The molecular weight excluding hydrogens is 321 g/mol. The Balaban J connectivity index is 1.61. The van der Waals surface area contributed by atoms with Crippen LogP contribution in [0, 0.1) is 0 Å². The first-order chi connectivity index (χ1) is 11.5. The van der Waals surface area contributed by atoms with E-state index in [2.05, 4.69) is 5.10 Å². The Bertz CT molecular complexity index is 725. The summed E-state index contributed by atoms with van der Waals surface area (Å²) >= 11 is 0. The van der Waals surface area contributed by atoms with Crippen molar-refractivity contribution >= 4 is 5.97 Å². The first kappa shape index (κ1) is 16.5. The number of halogens is 3. The van der Waals surface area contributed by atoms with Crippen molar-refractivity contribution in [1.82, 2.24) is 10.2 Å². The molecule has 128 valence electrons. The number of carbonyl (C=O) groups is 1. The quantitative estimate of drug-likeness (QED) is 0.866. The molecule has 2 aromatic rings. The standard InChI is InChI=1S/C17H17F3N2O2/c18-17(19,20)15-12(10-21-22-15)8-9-24-16(23)14-7-3-5-11-4-1-2-6-13(11)14/h1-2,4,6,10,14H,3,5,7-9H2,(H,21,22)/t14-/m1/s1. The van der Waals surface area contributed by atoms with Gasteiger partial charge in [-0.25, -0.2) is 0 Å². The van der Waals surface area contributed by atoms with E-state index in [-0.39, 0.29) is 30.5 Å². The third-order valence-electron chi connectivity index (χ3n) is 4.27. The van der Waals surface area contributed by atoms with E-state index in [1.54, 1.807) is 0 Å². The topological polar surface area (TPSA) is 55.0 Å². The number of H-pyrrole nitrogens is 1. The maximum atomic E-state index is 12.7. The molecule has 1 aliphatic carbocycles. The molecule has 0 saturated carbocycles. The molecule has 1 aliphatic rings. The number of rotatable bonds is 4. The Morgan fingerprint density at radius 1 is 1.33 bits per heavy atom. The first-order valence-corrected chi connectivity index (χ1v) is 7.80. The highest BCUT2D eigenvalue weighted by Gasteiger charge is 2.35. The molecule has 0 unspecified atom stereocenters. The minimum absolute atomic E-state index is 0.000607. The van der Waals surface area contributed by atoms with Gasteiger partial charge in [0.25, 0.3) is 0 Å². The van der Waals surface area contributed by atoms with Gasteiger partial charge >= 0.3 is 12.1 Å². The van der Waals surface area contributed by atoms with Crippen LogP contribution in [-0.4, -0.2) is 22.8 Å². The Kier molecular flexibility index (Phi) is 4.59. The number of fused-ring (bicyclic) bond motifs is 1. The summed E-state index contributed by atoms with van der Waals surface area (Å²) in [5, 5.41) is 5.37. The number of benzene rings is 1. The molecule has 0 saturated heterocycles. The van der Waals surface area contributed by atoms with Crippen molar-refractivity contribution in [3.05, 3.63) is 52.8 Å². The summed E-state index contributed by atoms with van der Waals surface area (Å²) in [6, 6.07) is 7.73. The lowest BCUT2D eigenvalue weighted by Crippen LogP contribution is -2.22. The molecule has 0 aliphatic heterocycles. The van der Waals surface area contributed by atoms with Crippen LogP contribution >= 0.6 is 0 Å². The summed E-state index contributed by atoms with van der Waals surface area (Å²) in [5.74, 6) is -0.708. The van der Waals surface area contributed by atoms with Gasteiger partial charge in [-0.05, 0) is 30.4 Å². The lowest BCUT2D eigenvalue weighted by atomic mass is 9.83. The van der Waals surface area contributed by atoms with Crippen LogP contribution in [0.4, 0.5) is 13.2 Å². The van der Waals surface area contributed by atoms with E-state index < -0.39 is 11.9 Å². The van der Waals surface area contributed by atoms with E-state index in [1.807, 2.05) is 29.4 Å². The van der Waals surface area contributed by atoms with Crippen LogP contribution in [0.5, 0.6) is 0 Å². The largest absolute Gasteiger partial charge is 0.465 e. The van der Waals surface area contributed by atoms with Crippen LogP contribution in [-0.2, 0) is 28.5 Å². The second-order valence-corrected chi connectivity index (χ2v) is 5.83. The average Bonchev–Trinajstić information content (AvgIpc) is 3.03. The van der Waals surface area contributed by atoms with E-state index in [0.29, 0.717) is 6.42 Å². The first-order valence-electron chi connectivity index (χ1n) is 7.80. The summed E-state index contributed by atoms with van der Waals surface area (Å²) in [5.41, 5.74) is 1.22. The molecule has 0 spiro atoms. The fourth-order valence-electron chi connectivity index (χ4n) is 3.11. The molecule has 3 rings (SSSR count). The number of esters is 1. The summed E-state index contributed by atoms with van der Waals surface area (Å²) in [6.45, 7) is -0.0971. The SMILES string of the molecule is O=C(OCCc1cn[nH]c1C(F)(F)F)[C@@H]1CCCc2ccccc21. The van der Waals surface area contributed by atoms with E-state index >= 15 is 0 Å². The minimum atomic E-state index is -4.49. The average molecular weight is 338 g/mol. The van der Waals surface area contributed by atoms with E-state index in [9.17, 15) is 18.0 Å². The van der Waals surface area contributed by atoms with Gasteiger partial charge in [0.15, 0.2) is 0 Å². The van der Waals surface area contributed by atoms with E-state index in [4.69, 9.17) is 4.74 Å². The van der Waals surface area contributed by atoms with Gasteiger partial charge in [0, 0.05) is 12.0 Å². The zero-order valence-corrected chi connectivity index (χ0v) is 12.9. The molecule has 0 bridgehead atoms. The Morgan fingerprint density at radius 2 is 2.12 bits per heavy atom. The number of aromatic nitrogens is 2. The molecule has 0 amide bonds. The van der Waals surface area contributed by atoms with Gasteiger partial charge in [0.1, 0.15) is 5.69 Å². The molecule has 7 heteroatoms. The number of aromatic amines is 1. The third-order valence-corrected chi connectivity index (χ3v) is 4.27. The number of ether oxygens (including phenoxy) is 1. The second kappa shape index (κ2) is 6.67. The summed E-state index contributed by atoms with van der Waals surface area (Å²) < 4.78 is 43.5. The van der Waals surface area contributed by atoms with Crippen molar-refractivity contribution < 1.29 is 22.7 Å². The highest BCUT2D eigenvalue weighted by atomic mass is 19.4. The smallest absolute Gasteiger partial charge is 0.433 e. The molecule has 1 heterocycles. The molecule has 4 nitrogen and oxygen atoms in total. The van der Waals surface area contributed by atoms with Crippen molar-refractivity contribution in [2.24, 2.45) is 0 Å². The molecule has 1 aromatic heterocycles. The second-order valence-electron chi connectivity index (χ2n) is 5.83. The maximum Gasteiger partial charge on any atom is 0.433 e. The van der Waals surface area contributed by atoms with Gasteiger partial charge in [-0.2, -0.15) is 18.3 Å². The van der Waals surface area contributed by atoms with Crippen molar-refractivity contribution in [1.29, 1.82) is 0 Å². The molecule has 0 fully saturated rings. The van der Waals surface area contributed by atoms with Crippen molar-refractivity contribution in [2.45, 2.75) is 37.8 Å². The van der Waals surface area contributed by atoms with Crippen LogP contribution in [0.1, 0.15) is 41.1 Å². The molecule has 1 aromatic carbocycles. The number of nitrogens with one attached hydrogen (secondary N) is 1. The van der Waals surface area contributed by atoms with E-state index in [1.165, 1.54) is 0 Å². The molecular formula is C17H17F3N2O2. The number of carbonyl (C=O) groups excluding carboxylic acids is 1. The molecule has 1 N–H and O–H groups in total. The van der Waals surface area contributed by atoms with Crippen LogP contribution in [0.3, 0.4) is 0 Å². The normalized spacial score (nSPS) is 17.4. The lowest BCUT2D eigenvalue weighted by Gasteiger charge is -2.23. The highest BCUT2D eigenvalue weighted by Crippen LogP contribution is 2.33. The number of hydrogen-bond acceptors (Lipinski definition) is 3. The van der Waals surface area contributed by atoms with Gasteiger partial charge in [-0.3, -0.25) is 9.89 Å². The Labute approximate surface area is 137 Å². The van der Waals surface area contributed by atoms with Gasteiger partial charge in [-0.15, -0.1) is 0 Å². The van der Waals surface area contributed by atoms with Gasteiger partial charge in [0.2, 0.25) is 0 Å². The predicted molar refractivity (Wildman–Crippen MR) is 80.4 cm³/mol. The van der Waals surface area contributed by atoms with Crippen molar-refractivity contribution in [3.8, 4) is 0 Å². The highest BCUT2D eigenvalue weighted by molar-refractivity contribution is 5.79. The molecule has 0 radical (unpaired) electrons. The lowest BCUT2D eigenvalue weighted by molar-refractivity contribution is -0.145. The summed E-state index contributed by atoms with van der Waals surface area (Å²) in [4.78, 5) is 12.3. The van der Waals surface area contributed by atoms with E-state index in [0.717, 1.165) is 30.2 Å². The number of aryl methyl sites for hydroxylation is 1. The van der Waals surface area contributed by atoms with Crippen molar-refractivity contribution in [2.75, 3.05) is 6.61 Å². The van der Waals surface area contributed by atoms with Crippen LogP contribution < -0.4 is 0 Å². The maximum absolute atomic E-state index is 12.7. The molecule has 24 heavy (non-hydrogen) atoms. The number of hydrogen-bond donors (Lipinski definition) is 1. The van der Waals surface area contributed by atoms with Crippen LogP contribution in [0.15, 0.2) is 30.5 Å². The Morgan fingerprint density at radius 3 is 2.92 bits per heavy atom. The summed E-state index contributed by atoms with van der Waals surface area (Å²) in [7, 11) is 0. The minimum Gasteiger partial charge on any atom is -0.465 e. The number of nitrogens with zero attached hydrogens (tertiary/aromatic N) is 1. The zero-order valence-electron chi connectivity index (χ0n) is 12.9. The van der Waals surface area contributed by atoms with Gasteiger partial charge < -0.3 is 4.74 Å². The van der Waals surface area contributed by atoms with Crippen LogP contribution in [0.2, 0.25) is 0 Å². The Hall–Kier alpha value is -2.31. The predicted octanol–water partition coefficient (Wildman–Crippen LogP) is 3.63. The van der Waals surface area contributed by atoms with Crippen molar-refractivity contribution in [3.63, 3.8) is 0 Å². The monoisotopic (exact) mass is 338 g/mol. The van der Waals surface area contributed by atoms with Gasteiger partial charge in [-0.1, -0.05) is 24.3 Å². The van der Waals surface area contributed by atoms with Crippen LogP contribution in [0.25, 0.3) is 0 Å². The fraction of sp³-hybridized carbons (Fsp3) is 0.412. The zero-order chi connectivity index (χ0) is 17.2. The fourth-order valence-corrected chi connectivity index (χ4v) is 3.11. The summed E-state index contributed by atoms with van der Waals surface area (Å²) in [6.07, 6.45) is -0.855. The number of alkyl halides is 3. The van der Waals surface area contributed by atoms with Gasteiger partial charge in [0.05, 0.1) is 18.7 Å².